The summed E-state index contributed by atoms with van der Waals surface area (Å²) in [5.41, 5.74) is 17.0. The van der Waals surface area contributed by atoms with Gasteiger partial charge in [-0.2, -0.15) is 0 Å². The molecule has 5 aromatic rings. The van der Waals surface area contributed by atoms with Crippen molar-refractivity contribution >= 4 is 17.3 Å². The first-order valence-corrected chi connectivity index (χ1v) is 17.0. The highest BCUT2D eigenvalue weighted by Gasteiger charge is 2.26. The number of rotatable bonds is 8. The third-order valence-electron chi connectivity index (χ3n) is 10.2. The number of halogens is 1. The Balaban J connectivity index is 1.17. The number of hydrogen-bond acceptors (Lipinski definition) is 3. The molecule has 4 aromatic carbocycles. The Morgan fingerprint density at radius 1 is 0.652 bits per heavy atom. The molecule has 1 saturated heterocycles. The molecular formula is C42H46ClN3. The van der Waals surface area contributed by atoms with Crippen LogP contribution in [0.3, 0.4) is 0 Å². The minimum Gasteiger partial charge on any atom is -0.364 e. The number of benzene rings is 4. The summed E-state index contributed by atoms with van der Waals surface area (Å²) in [6, 6.07) is 29.5. The number of anilines is 1. The number of pyridine rings is 1. The molecule has 2 heterocycles. The molecule has 6 rings (SSSR count). The number of likely N-dealkylation sites (tertiary alicyclic amines) is 1. The lowest BCUT2D eigenvalue weighted by atomic mass is 9.95. The van der Waals surface area contributed by atoms with Crippen LogP contribution >= 0.6 is 11.6 Å². The van der Waals surface area contributed by atoms with E-state index in [4.69, 9.17) is 11.6 Å². The third-order valence-corrected chi connectivity index (χ3v) is 10.4. The lowest BCUT2D eigenvalue weighted by molar-refractivity contribution is 0.200. The van der Waals surface area contributed by atoms with Crippen molar-refractivity contribution in [3.8, 4) is 22.3 Å². The molecule has 0 amide bonds. The molecule has 4 heteroatoms. The quantitative estimate of drug-likeness (QED) is 0.171. The van der Waals surface area contributed by atoms with Gasteiger partial charge in [0.2, 0.25) is 0 Å². The van der Waals surface area contributed by atoms with E-state index in [0.29, 0.717) is 6.04 Å². The molecule has 0 N–H and O–H groups in total. The smallest absolute Gasteiger partial charge is 0.0432 e. The maximum Gasteiger partial charge on any atom is 0.0432 e. The average Bonchev–Trinajstić information content (AvgIpc) is 3.06. The molecule has 236 valence electrons. The second-order valence-corrected chi connectivity index (χ2v) is 13.8. The second kappa shape index (κ2) is 13.8. The van der Waals surface area contributed by atoms with Crippen molar-refractivity contribution in [2.75, 3.05) is 18.0 Å². The van der Waals surface area contributed by atoms with E-state index >= 15 is 0 Å². The minimum absolute atomic E-state index is 0.452. The summed E-state index contributed by atoms with van der Waals surface area (Å²) in [5, 5.41) is 0.775. The van der Waals surface area contributed by atoms with E-state index in [1.54, 1.807) is 0 Å². The zero-order chi connectivity index (χ0) is 32.4. The molecule has 0 spiro atoms. The molecule has 0 unspecified atom stereocenters. The summed E-state index contributed by atoms with van der Waals surface area (Å²) in [6.07, 6.45) is 6.26. The van der Waals surface area contributed by atoms with Gasteiger partial charge in [0, 0.05) is 60.9 Å². The SMILES string of the molecule is Cc1cc(-c2cncc(CN3CCC(N(Cc4cccc(-c5cc(C)c(C)c(C)c5)c4)c4ccc(Cl)cc4)CC3)c2)cc(C)c1C. The zero-order valence-corrected chi connectivity index (χ0v) is 29.0. The predicted octanol–water partition coefficient (Wildman–Crippen LogP) is 10.6. The molecule has 1 fully saturated rings. The highest BCUT2D eigenvalue weighted by Crippen LogP contribution is 2.31. The first-order valence-electron chi connectivity index (χ1n) is 16.6. The van der Waals surface area contributed by atoms with Gasteiger partial charge >= 0.3 is 0 Å². The Hall–Kier alpha value is -3.92. The minimum atomic E-state index is 0.452. The van der Waals surface area contributed by atoms with Crippen LogP contribution < -0.4 is 4.90 Å². The topological polar surface area (TPSA) is 19.4 Å². The van der Waals surface area contributed by atoms with Gasteiger partial charge < -0.3 is 4.90 Å². The van der Waals surface area contributed by atoms with Crippen molar-refractivity contribution in [1.29, 1.82) is 0 Å². The van der Waals surface area contributed by atoms with Crippen molar-refractivity contribution in [1.82, 2.24) is 9.88 Å². The Morgan fingerprint density at radius 3 is 1.83 bits per heavy atom. The highest BCUT2D eigenvalue weighted by atomic mass is 35.5. The molecule has 46 heavy (non-hydrogen) atoms. The average molecular weight is 628 g/mol. The van der Waals surface area contributed by atoms with Crippen LogP contribution in [-0.2, 0) is 13.1 Å². The Labute approximate surface area is 280 Å². The van der Waals surface area contributed by atoms with Crippen molar-refractivity contribution in [2.24, 2.45) is 0 Å². The predicted molar refractivity (Wildman–Crippen MR) is 196 cm³/mol. The van der Waals surface area contributed by atoms with E-state index < -0.39 is 0 Å². The van der Waals surface area contributed by atoms with Crippen LogP contribution in [0.4, 0.5) is 5.69 Å². The van der Waals surface area contributed by atoms with Gasteiger partial charge in [-0.15, -0.1) is 0 Å². The lowest BCUT2D eigenvalue weighted by Crippen LogP contribution is -2.44. The Kier molecular flexibility index (Phi) is 9.63. The lowest BCUT2D eigenvalue weighted by Gasteiger charge is -2.40. The summed E-state index contributed by atoms with van der Waals surface area (Å²) >= 11 is 6.33. The van der Waals surface area contributed by atoms with Crippen molar-refractivity contribution in [3.63, 3.8) is 0 Å². The summed E-state index contributed by atoms with van der Waals surface area (Å²) in [7, 11) is 0. The maximum absolute atomic E-state index is 6.33. The van der Waals surface area contributed by atoms with Gasteiger partial charge in [-0.1, -0.05) is 54.1 Å². The van der Waals surface area contributed by atoms with E-state index in [1.807, 2.05) is 24.5 Å². The van der Waals surface area contributed by atoms with Crippen LogP contribution in [0.5, 0.6) is 0 Å². The summed E-state index contributed by atoms with van der Waals surface area (Å²) in [5.74, 6) is 0. The van der Waals surface area contributed by atoms with Crippen LogP contribution in [0, 0.1) is 41.5 Å². The normalized spacial score (nSPS) is 14.1. The zero-order valence-electron chi connectivity index (χ0n) is 28.2. The molecule has 1 aliphatic rings. The fraction of sp³-hybridized carbons (Fsp3) is 0.310. The summed E-state index contributed by atoms with van der Waals surface area (Å²) in [6.45, 7) is 17.1. The fourth-order valence-corrected chi connectivity index (χ4v) is 7.02. The van der Waals surface area contributed by atoms with E-state index in [1.165, 1.54) is 72.4 Å². The van der Waals surface area contributed by atoms with Crippen molar-refractivity contribution in [2.45, 2.75) is 73.5 Å². The third kappa shape index (κ3) is 7.22. The van der Waals surface area contributed by atoms with Crippen LogP contribution in [0.25, 0.3) is 22.3 Å². The largest absolute Gasteiger partial charge is 0.364 e. The van der Waals surface area contributed by atoms with Crippen molar-refractivity contribution in [3.05, 3.63) is 141 Å². The van der Waals surface area contributed by atoms with Crippen LogP contribution in [0.2, 0.25) is 5.02 Å². The first-order chi connectivity index (χ1) is 22.1. The van der Waals surface area contributed by atoms with Gasteiger partial charge in [0.15, 0.2) is 0 Å². The molecule has 0 bridgehead atoms. The summed E-state index contributed by atoms with van der Waals surface area (Å²) in [4.78, 5) is 9.83. The molecule has 0 saturated carbocycles. The van der Waals surface area contributed by atoms with Gasteiger partial charge in [0.05, 0.1) is 0 Å². The monoisotopic (exact) mass is 627 g/mol. The Morgan fingerprint density at radius 2 is 1.22 bits per heavy atom. The molecule has 0 aliphatic carbocycles. The van der Waals surface area contributed by atoms with Crippen molar-refractivity contribution < 1.29 is 0 Å². The van der Waals surface area contributed by atoms with Gasteiger partial charge in [-0.05, 0) is 152 Å². The second-order valence-electron chi connectivity index (χ2n) is 13.4. The standard InChI is InChI=1S/C42H46ClN3/c1-28-18-37(19-29(2)32(28)5)36-9-7-8-34(22-36)27-46(41-12-10-40(43)11-13-41)42-14-16-45(17-15-42)26-35-23-39(25-44-24-35)38-20-30(3)33(6)31(4)21-38/h7-13,18-25,42H,14-17,26-27H2,1-6H3. The number of aromatic nitrogens is 1. The maximum atomic E-state index is 6.33. The number of hydrogen-bond donors (Lipinski definition) is 0. The van der Waals surface area contributed by atoms with E-state index in [2.05, 4.69) is 123 Å². The molecule has 3 nitrogen and oxygen atoms in total. The number of nitrogens with zero attached hydrogens (tertiary/aromatic N) is 3. The molecule has 0 radical (unpaired) electrons. The van der Waals surface area contributed by atoms with Crippen LogP contribution in [-0.4, -0.2) is 29.0 Å². The number of aryl methyl sites for hydroxylation is 4. The fourth-order valence-electron chi connectivity index (χ4n) is 6.89. The first kappa shape index (κ1) is 32.0. The van der Waals surface area contributed by atoms with Crippen LogP contribution in [0.1, 0.15) is 57.3 Å². The molecule has 1 aromatic heterocycles. The Bertz CT molecular complexity index is 1790. The summed E-state index contributed by atoms with van der Waals surface area (Å²) < 4.78 is 0. The molecule has 0 atom stereocenters. The van der Waals surface area contributed by atoms with E-state index in [9.17, 15) is 0 Å². The van der Waals surface area contributed by atoms with Gasteiger partial charge in [0.1, 0.15) is 0 Å². The van der Waals surface area contributed by atoms with E-state index in [0.717, 1.165) is 44.0 Å². The van der Waals surface area contributed by atoms with Gasteiger partial charge in [-0.25, -0.2) is 0 Å². The molecule has 1 aliphatic heterocycles. The van der Waals surface area contributed by atoms with Gasteiger partial charge in [-0.3, -0.25) is 9.88 Å². The molecular weight excluding hydrogens is 582 g/mol. The highest BCUT2D eigenvalue weighted by molar-refractivity contribution is 6.30. The van der Waals surface area contributed by atoms with Crippen LogP contribution in [0.15, 0.2) is 91.3 Å². The van der Waals surface area contributed by atoms with E-state index in [-0.39, 0.29) is 0 Å². The van der Waals surface area contributed by atoms with Gasteiger partial charge in [0.25, 0.3) is 0 Å². The number of piperidine rings is 1.